The molecule has 1 amide bonds. The van der Waals surface area contributed by atoms with Crippen LogP contribution in [0.1, 0.15) is 17.3 Å². The summed E-state index contributed by atoms with van der Waals surface area (Å²) in [6, 6.07) is 0.556. The number of methoxy groups -OCH3 is 1. The van der Waals surface area contributed by atoms with Crippen LogP contribution in [-0.2, 0) is 9.47 Å². The summed E-state index contributed by atoms with van der Waals surface area (Å²) in [5, 5.41) is 3.64. The lowest BCUT2D eigenvalue weighted by molar-refractivity contribution is 0.111. The Morgan fingerprint density at radius 1 is 1.43 bits per heavy atom. The van der Waals surface area contributed by atoms with Crippen LogP contribution < -0.4 is 4.90 Å². The molecule has 1 aromatic heterocycles. The van der Waals surface area contributed by atoms with Crippen molar-refractivity contribution in [2.24, 2.45) is 0 Å². The molecule has 9 heteroatoms. The van der Waals surface area contributed by atoms with Gasteiger partial charge in [-0.05, 0) is 13.0 Å². The van der Waals surface area contributed by atoms with E-state index in [0.717, 1.165) is 11.0 Å². The van der Waals surface area contributed by atoms with E-state index >= 15 is 0 Å². The van der Waals surface area contributed by atoms with Crippen LogP contribution in [-0.4, -0.2) is 43.4 Å². The quantitative estimate of drug-likeness (QED) is 0.802. The SMILES string of the molecule is COC[C@H]1[C@@H](C)OC(=O)N1c1noc2c(F)c(F)c(C=O)cc12. The zero-order chi connectivity index (χ0) is 16.7. The van der Waals surface area contributed by atoms with Gasteiger partial charge in [0.05, 0.1) is 17.6 Å². The number of carbonyl (C=O) groups excluding carboxylic acids is 2. The van der Waals surface area contributed by atoms with Gasteiger partial charge >= 0.3 is 6.09 Å². The van der Waals surface area contributed by atoms with Crippen molar-refractivity contribution in [3.05, 3.63) is 23.3 Å². The maximum absolute atomic E-state index is 13.9. The van der Waals surface area contributed by atoms with Gasteiger partial charge in [0, 0.05) is 7.11 Å². The van der Waals surface area contributed by atoms with E-state index in [9.17, 15) is 18.4 Å². The molecule has 122 valence electrons. The van der Waals surface area contributed by atoms with Crippen molar-refractivity contribution in [1.82, 2.24) is 5.16 Å². The summed E-state index contributed by atoms with van der Waals surface area (Å²) in [5.74, 6) is -2.73. The van der Waals surface area contributed by atoms with Crippen molar-refractivity contribution in [3.63, 3.8) is 0 Å². The Morgan fingerprint density at radius 3 is 2.83 bits per heavy atom. The average Bonchev–Trinajstić information content (AvgIpc) is 3.04. The van der Waals surface area contributed by atoms with Gasteiger partial charge in [0.25, 0.3) is 0 Å². The minimum atomic E-state index is -1.34. The molecule has 1 aliphatic rings. The Kier molecular flexibility index (Phi) is 3.72. The van der Waals surface area contributed by atoms with E-state index in [2.05, 4.69) is 5.16 Å². The second-order valence-electron chi connectivity index (χ2n) is 5.08. The number of amides is 1. The van der Waals surface area contributed by atoms with Crippen LogP contribution >= 0.6 is 0 Å². The molecule has 0 saturated carbocycles. The number of nitrogens with zero attached hydrogens (tertiary/aromatic N) is 2. The smallest absolute Gasteiger partial charge is 0.416 e. The molecule has 0 spiro atoms. The van der Waals surface area contributed by atoms with E-state index in [0.29, 0.717) is 0 Å². The highest BCUT2D eigenvalue weighted by Gasteiger charge is 2.43. The molecule has 0 aliphatic carbocycles. The zero-order valence-electron chi connectivity index (χ0n) is 12.2. The van der Waals surface area contributed by atoms with Crippen molar-refractivity contribution in [2.75, 3.05) is 18.6 Å². The number of hydrogen-bond acceptors (Lipinski definition) is 6. The van der Waals surface area contributed by atoms with Gasteiger partial charge in [0.2, 0.25) is 11.4 Å². The Hall–Kier alpha value is -2.55. The van der Waals surface area contributed by atoms with E-state index in [1.807, 2.05) is 0 Å². The van der Waals surface area contributed by atoms with Crippen LogP contribution in [0, 0.1) is 11.6 Å². The Bertz CT molecular complexity index is 791. The summed E-state index contributed by atoms with van der Waals surface area (Å²) in [5.41, 5.74) is -0.977. The zero-order valence-corrected chi connectivity index (χ0v) is 12.2. The van der Waals surface area contributed by atoms with Gasteiger partial charge in [-0.25, -0.2) is 14.1 Å². The molecule has 1 aromatic carbocycles. The van der Waals surface area contributed by atoms with Crippen molar-refractivity contribution < 1.29 is 32.4 Å². The highest BCUT2D eigenvalue weighted by Crippen LogP contribution is 2.35. The number of carbonyl (C=O) groups is 2. The van der Waals surface area contributed by atoms with Gasteiger partial charge < -0.3 is 14.0 Å². The predicted octanol–water partition coefficient (Wildman–Crippen LogP) is 2.28. The topological polar surface area (TPSA) is 81.9 Å². The van der Waals surface area contributed by atoms with E-state index in [1.165, 1.54) is 7.11 Å². The number of anilines is 1. The highest BCUT2D eigenvalue weighted by atomic mass is 19.2. The van der Waals surface area contributed by atoms with Crippen LogP contribution in [0.25, 0.3) is 11.0 Å². The third-order valence-corrected chi connectivity index (χ3v) is 3.70. The lowest BCUT2D eigenvalue weighted by Gasteiger charge is -2.20. The summed E-state index contributed by atoms with van der Waals surface area (Å²) >= 11 is 0. The molecule has 0 unspecified atom stereocenters. The molecule has 0 bridgehead atoms. The van der Waals surface area contributed by atoms with Gasteiger partial charge in [-0.2, -0.15) is 4.39 Å². The fourth-order valence-corrected chi connectivity index (χ4v) is 2.55. The van der Waals surface area contributed by atoms with Gasteiger partial charge in [-0.15, -0.1) is 0 Å². The molecule has 2 heterocycles. The maximum Gasteiger partial charge on any atom is 0.416 e. The summed E-state index contributed by atoms with van der Waals surface area (Å²) in [7, 11) is 1.45. The number of halogens is 2. The summed E-state index contributed by atoms with van der Waals surface area (Å²) in [6.45, 7) is 1.81. The molecule has 0 radical (unpaired) electrons. The van der Waals surface area contributed by atoms with Crippen LogP contribution in [0.2, 0.25) is 0 Å². The number of cyclic esters (lactones) is 1. The lowest BCUT2D eigenvalue weighted by Crippen LogP contribution is -2.39. The Morgan fingerprint density at radius 2 is 2.17 bits per heavy atom. The maximum atomic E-state index is 13.9. The lowest BCUT2D eigenvalue weighted by atomic mass is 10.1. The number of benzene rings is 1. The van der Waals surface area contributed by atoms with E-state index < -0.39 is 41.0 Å². The first-order valence-electron chi connectivity index (χ1n) is 6.71. The summed E-state index contributed by atoms with van der Waals surface area (Å²) < 4.78 is 42.5. The third kappa shape index (κ3) is 2.24. The van der Waals surface area contributed by atoms with Crippen LogP contribution in [0.5, 0.6) is 0 Å². The number of fused-ring (bicyclic) bond motifs is 1. The molecule has 2 aromatic rings. The van der Waals surface area contributed by atoms with Crippen LogP contribution in [0.3, 0.4) is 0 Å². The fourth-order valence-electron chi connectivity index (χ4n) is 2.55. The molecule has 1 fully saturated rings. The molecule has 7 nitrogen and oxygen atoms in total. The predicted molar refractivity (Wildman–Crippen MR) is 73.4 cm³/mol. The summed E-state index contributed by atoms with van der Waals surface area (Å²) in [4.78, 5) is 24.1. The van der Waals surface area contributed by atoms with Crippen molar-refractivity contribution >= 4 is 29.2 Å². The minimum absolute atomic E-state index is 0.00171. The highest BCUT2D eigenvalue weighted by molar-refractivity contribution is 6.01. The van der Waals surface area contributed by atoms with Crippen LogP contribution in [0.15, 0.2) is 10.6 Å². The average molecular weight is 326 g/mol. The first-order chi connectivity index (χ1) is 11.0. The second-order valence-corrected chi connectivity index (χ2v) is 5.08. The summed E-state index contributed by atoms with van der Waals surface area (Å²) in [6.07, 6.45) is -1.04. The largest absolute Gasteiger partial charge is 0.444 e. The third-order valence-electron chi connectivity index (χ3n) is 3.70. The van der Waals surface area contributed by atoms with Crippen molar-refractivity contribution in [2.45, 2.75) is 19.1 Å². The fraction of sp³-hybridized carbons (Fsp3) is 0.357. The van der Waals surface area contributed by atoms with E-state index in [-0.39, 0.29) is 24.1 Å². The molecule has 3 rings (SSSR count). The number of rotatable bonds is 4. The van der Waals surface area contributed by atoms with Crippen molar-refractivity contribution in [3.8, 4) is 0 Å². The normalized spacial score (nSPS) is 21.0. The van der Waals surface area contributed by atoms with Crippen LogP contribution in [0.4, 0.5) is 19.4 Å². The van der Waals surface area contributed by atoms with E-state index in [4.69, 9.17) is 14.0 Å². The molecule has 23 heavy (non-hydrogen) atoms. The molecule has 2 atom stereocenters. The van der Waals surface area contributed by atoms with Gasteiger partial charge in [-0.3, -0.25) is 4.79 Å². The van der Waals surface area contributed by atoms with Gasteiger partial charge in [0.1, 0.15) is 12.1 Å². The van der Waals surface area contributed by atoms with Crippen molar-refractivity contribution in [1.29, 1.82) is 0 Å². The molecule has 0 N–H and O–H groups in total. The molecular formula is C14H12F2N2O5. The monoisotopic (exact) mass is 326 g/mol. The Labute approximate surface area is 128 Å². The first-order valence-corrected chi connectivity index (χ1v) is 6.71. The molecule has 1 saturated heterocycles. The molecular weight excluding hydrogens is 314 g/mol. The number of ether oxygens (including phenoxy) is 2. The molecule has 1 aliphatic heterocycles. The Balaban J connectivity index is 2.18. The van der Waals surface area contributed by atoms with Gasteiger partial charge in [-0.1, -0.05) is 5.16 Å². The van der Waals surface area contributed by atoms with E-state index in [1.54, 1.807) is 6.92 Å². The standard InChI is InChI=1S/C14H12F2N2O5/c1-6-9(5-21-2)18(14(20)22-6)13-8-3-7(4-19)10(15)11(16)12(8)23-17-13/h3-4,6,9H,5H2,1-2H3/t6-,9+/m1/s1. The first kappa shape index (κ1) is 15.3. The second kappa shape index (κ2) is 5.58. The van der Waals surface area contributed by atoms with Gasteiger partial charge in [0.15, 0.2) is 17.9 Å². The minimum Gasteiger partial charge on any atom is -0.444 e. The number of aldehydes is 1. The number of hydrogen-bond donors (Lipinski definition) is 0. The number of aromatic nitrogens is 1.